The number of thioether (sulfide) groups is 1. The molecule has 2 aromatic rings. The van der Waals surface area contributed by atoms with E-state index in [9.17, 15) is 4.79 Å². The number of hydrogen-bond donors (Lipinski definition) is 1. The summed E-state index contributed by atoms with van der Waals surface area (Å²) in [7, 11) is 0. The molecule has 1 saturated carbocycles. The predicted octanol–water partition coefficient (Wildman–Crippen LogP) is 3.65. The highest BCUT2D eigenvalue weighted by Crippen LogP contribution is 2.43. The van der Waals surface area contributed by atoms with Crippen LogP contribution in [0.1, 0.15) is 38.1 Å². The van der Waals surface area contributed by atoms with Crippen molar-refractivity contribution in [3.05, 3.63) is 36.5 Å². The van der Waals surface area contributed by atoms with Crippen LogP contribution in [0.2, 0.25) is 0 Å². The van der Waals surface area contributed by atoms with E-state index in [4.69, 9.17) is 0 Å². The third-order valence-electron chi connectivity index (χ3n) is 4.48. The summed E-state index contributed by atoms with van der Waals surface area (Å²) in [5.74, 6) is 0.166. The maximum Gasteiger partial charge on any atom is 0.233 e. The van der Waals surface area contributed by atoms with Gasteiger partial charge in [-0.05, 0) is 31.2 Å². The maximum absolute atomic E-state index is 12.2. The number of nitrogens with zero attached hydrogens (tertiary/aromatic N) is 2. The number of carbonyl (C=O) groups is 1. The molecule has 120 valence electrons. The van der Waals surface area contributed by atoms with E-state index in [1.54, 1.807) is 11.8 Å². The molecule has 4 nitrogen and oxygen atoms in total. The van der Waals surface area contributed by atoms with Crippen LogP contribution in [0.4, 0.5) is 0 Å². The Labute approximate surface area is 140 Å². The number of rotatable bonds is 4. The Hall–Kier alpha value is -1.75. The van der Waals surface area contributed by atoms with E-state index in [1.165, 1.54) is 24.1 Å². The summed E-state index contributed by atoms with van der Waals surface area (Å²) < 4.78 is 2.35. The second-order valence-corrected chi connectivity index (χ2v) is 7.46. The van der Waals surface area contributed by atoms with E-state index in [0.717, 1.165) is 31.0 Å². The van der Waals surface area contributed by atoms with Crippen molar-refractivity contribution in [2.24, 2.45) is 0 Å². The van der Waals surface area contributed by atoms with Gasteiger partial charge in [-0.3, -0.25) is 4.79 Å². The minimum absolute atomic E-state index is 0.0129. The van der Waals surface area contributed by atoms with Crippen molar-refractivity contribution in [1.82, 2.24) is 14.9 Å². The maximum atomic E-state index is 12.2. The van der Waals surface area contributed by atoms with Crippen LogP contribution in [0.15, 0.2) is 41.7 Å². The number of aromatic nitrogens is 2. The molecular weight excluding hydrogens is 306 g/mol. The Morgan fingerprint density at radius 1 is 1.13 bits per heavy atom. The van der Waals surface area contributed by atoms with Crippen LogP contribution in [-0.2, 0) is 4.79 Å². The third kappa shape index (κ3) is 3.15. The van der Waals surface area contributed by atoms with E-state index in [0.29, 0.717) is 6.04 Å². The number of carbonyl (C=O) groups excluding carboxylic acids is 1. The highest BCUT2D eigenvalue weighted by molar-refractivity contribution is 8.00. The fourth-order valence-corrected chi connectivity index (χ4v) is 4.29. The van der Waals surface area contributed by atoms with Crippen LogP contribution in [0.3, 0.4) is 0 Å². The first kappa shape index (κ1) is 14.8. The molecule has 0 spiro atoms. The second kappa shape index (κ2) is 6.40. The molecule has 2 aliphatic rings. The molecule has 2 fully saturated rings. The molecule has 4 rings (SSSR count). The molecular formula is C18H21N3OS. The van der Waals surface area contributed by atoms with E-state index in [-0.39, 0.29) is 11.2 Å². The van der Waals surface area contributed by atoms with Crippen LogP contribution >= 0.6 is 11.8 Å². The van der Waals surface area contributed by atoms with E-state index < -0.39 is 0 Å². The molecule has 23 heavy (non-hydrogen) atoms. The van der Waals surface area contributed by atoms with Gasteiger partial charge in [0.15, 0.2) is 5.16 Å². The lowest BCUT2D eigenvalue weighted by molar-refractivity contribution is -0.120. The lowest BCUT2D eigenvalue weighted by Crippen LogP contribution is -2.30. The predicted molar refractivity (Wildman–Crippen MR) is 92.4 cm³/mol. The molecule has 1 aromatic carbocycles. The summed E-state index contributed by atoms with van der Waals surface area (Å²) in [6.07, 6.45) is 7.50. The fraction of sp³-hybridized carbons (Fsp3) is 0.444. The monoisotopic (exact) mass is 327 g/mol. The molecule has 1 saturated heterocycles. The molecule has 1 unspecified atom stereocenters. The SMILES string of the molecule is O=C1NCCCCC1Sc1ncc(-c2ccccc2)n1C1CC1. The van der Waals surface area contributed by atoms with Gasteiger partial charge in [-0.1, -0.05) is 48.5 Å². The van der Waals surface area contributed by atoms with Crippen LogP contribution in [0.5, 0.6) is 0 Å². The highest BCUT2D eigenvalue weighted by Gasteiger charge is 2.31. The molecule has 5 heteroatoms. The molecule has 0 radical (unpaired) electrons. The minimum Gasteiger partial charge on any atom is -0.355 e. The van der Waals surface area contributed by atoms with Crippen molar-refractivity contribution in [1.29, 1.82) is 0 Å². The number of hydrogen-bond acceptors (Lipinski definition) is 3. The topological polar surface area (TPSA) is 46.9 Å². The zero-order chi connectivity index (χ0) is 15.6. The third-order valence-corrected chi connectivity index (χ3v) is 5.72. The first-order chi connectivity index (χ1) is 11.3. The first-order valence-corrected chi connectivity index (χ1v) is 9.28. The summed E-state index contributed by atoms with van der Waals surface area (Å²) in [5.41, 5.74) is 2.37. The van der Waals surface area contributed by atoms with Crippen LogP contribution in [-0.4, -0.2) is 27.3 Å². The van der Waals surface area contributed by atoms with Crippen molar-refractivity contribution in [2.45, 2.75) is 48.6 Å². The van der Waals surface area contributed by atoms with E-state index in [1.807, 2.05) is 12.3 Å². The molecule has 1 N–H and O–H groups in total. The average Bonchev–Trinajstić information content (AvgIpc) is 3.36. The molecule has 1 amide bonds. The van der Waals surface area contributed by atoms with Gasteiger partial charge in [-0.2, -0.15) is 0 Å². The van der Waals surface area contributed by atoms with Crippen molar-refractivity contribution in [2.75, 3.05) is 6.54 Å². The number of nitrogens with one attached hydrogen (secondary N) is 1. The van der Waals surface area contributed by atoms with Gasteiger partial charge in [0.25, 0.3) is 0 Å². The summed E-state index contributed by atoms with van der Waals surface area (Å²) >= 11 is 1.64. The summed E-state index contributed by atoms with van der Waals surface area (Å²) in [6.45, 7) is 0.808. The Kier molecular flexibility index (Phi) is 4.12. The van der Waals surface area contributed by atoms with Gasteiger partial charge in [0.05, 0.1) is 17.1 Å². The molecule has 0 bridgehead atoms. The zero-order valence-corrected chi connectivity index (χ0v) is 13.9. The van der Waals surface area contributed by atoms with Gasteiger partial charge < -0.3 is 9.88 Å². The van der Waals surface area contributed by atoms with Gasteiger partial charge in [0, 0.05) is 12.6 Å². The standard InChI is InChI=1S/C18H21N3OS/c22-17-16(8-4-5-11-19-17)23-18-20-12-15(21(18)14-9-10-14)13-6-2-1-3-7-13/h1-3,6-7,12,14,16H,4-5,8-11H2,(H,19,22). The largest absolute Gasteiger partial charge is 0.355 e. The Morgan fingerprint density at radius 3 is 2.74 bits per heavy atom. The highest BCUT2D eigenvalue weighted by atomic mass is 32.2. The smallest absolute Gasteiger partial charge is 0.233 e. The normalized spacial score (nSPS) is 21.7. The van der Waals surface area contributed by atoms with Gasteiger partial charge in [-0.15, -0.1) is 0 Å². The van der Waals surface area contributed by atoms with Crippen molar-refractivity contribution >= 4 is 17.7 Å². The summed E-state index contributed by atoms with van der Waals surface area (Å²) in [6, 6.07) is 11.0. The average molecular weight is 327 g/mol. The van der Waals surface area contributed by atoms with E-state index in [2.05, 4.69) is 39.1 Å². The molecule has 1 aliphatic carbocycles. The minimum atomic E-state index is -0.0129. The second-order valence-electron chi connectivity index (χ2n) is 6.29. The quantitative estimate of drug-likeness (QED) is 0.932. The Morgan fingerprint density at radius 2 is 1.96 bits per heavy atom. The van der Waals surface area contributed by atoms with Crippen LogP contribution in [0.25, 0.3) is 11.3 Å². The van der Waals surface area contributed by atoms with Crippen molar-refractivity contribution in [3.63, 3.8) is 0 Å². The molecule has 2 heterocycles. The van der Waals surface area contributed by atoms with Crippen LogP contribution < -0.4 is 5.32 Å². The summed E-state index contributed by atoms with van der Waals surface area (Å²) in [4.78, 5) is 16.9. The molecule has 1 atom stereocenters. The van der Waals surface area contributed by atoms with Gasteiger partial charge in [0.1, 0.15) is 0 Å². The van der Waals surface area contributed by atoms with Crippen LogP contribution in [0, 0.1) is 0 Å². The van der Waals surface area contributed by atoms with Gasteiger partial charge >= 0.3 is 0 Å². The number of amides is 1. The Bertz CT molecular complexity index is 694. The van der Waals surface area contributed by atoms with E-state index >= 15 is 0 Å². The lowest BCUT2D eigenvalue weighted by Gasteiger charge is -2.15. The van der Waals surface area contributed by atoms with Gasteiger partial charge in [0.2, 0.25) is 5.91 Å². The van der Waals surface area contributed by atoms with Crippen molar-refractivity contribution < 1.29 is 4.79 Å². The molecule has 1 aliphatic heterocycles. The number of benzene rings is 1. The van der Waals surface area contributed by atoms with Gasteiger partial charge in [-0.25, -0.2) is 4.98 Å². The fourth-order valence-electron chi connectivity index (χ4n) is 3.09. The number of imidazole rings is 1. The molecule has 1 aromatic heterocycles. The lowest BCUT2D eigenvalue weighted by atomic mass is 10.2. The zero-order valence-electron chi connectivity index (χ0n) is 13.1. The Balaban J connectivity index is 1.64. The first-order valence-electron chi connectivity index (χ1n) is 8.40. The summed E-state index contributed by atoms with van der Waals surface area (Å²) in [5, 5.41) is 4.00. The van der Waals surface area contributed by atoms with Crippen molar-refractivity contribution in [3.8, 4) is 11.3 Å².